The van der Waals surface area contributed by atoms with E-state index < -0.39 is 0 Å². The zero-order valence-electron chi connectivity index (χ0n) is 15.9. The van der Waals surface area contributed by atoms with E-state index in [0.29, 0.717) is 18.9 Å². The molecule has 0 spiro atoms. The molecule has 3 rings (SSSR count). The Morgan fingerprint density at radius 1 is 1.04 bits per heavy atom. The predicted octanol–water partition coefficient (Wildman–Crippen LogP) is 2.76. The molecular weight excluding hydrogens is 326 g/mol. The number of carbonyl (C=O) groups is 2. The molecule has 0 radical (unpaired) electrons. The first kappa shape index (κ1) is 18.9. The van der Waals surface area contributed by atoms with E-state index in [9.17, 15) is 9.59 Å². The smallest absolute Gasteiger partial charge is 0.240 e. The summed E-state index contributed by atoms with van der Waals surface area (Å²) in [7, 11) is 1.82. The zero-order chi connectivity index (χ0) is 18.4. The Bertz CT molecular complexity index is 591. The molecule has 0 unspecified atom stereocenters. The molecule has 0 aromatic heterocycles. The molecule has 1 heterocycles. The van der Waals surface area contributed by atoms with Crippen LogP contribution in [0.4, 0.5) is 5.69 Å². The van der Waals surface area contributed by atoms with E-state index in [-0.39, 0.29) is 5.91 Å². The van der Waals surface area contributed by atoms with E-state index in [2.05, 4.69) is 4.90 Å². The van der Waals surface area contributed by atoms with Gasteiger partial charge in [0, 0.05) is 45.3 Å². The van der Waals surface area contributed by atoms with Crippen molar-refractivity contribution in [1.29, 1.82) is 0 Å². The highest BCUT2D eigenvalue weighted by molar-refractivity contribution is 5.94. The van der Waals surface area contributed by atoms with E-state index in [1.54, 1.807) is 4.90 Å². The molecule has 1 aromatic carbocycles. The first-order chi connectivity index (χ1) is 12.6. The number of piperazine rings is 1. The number of anilines is 1. The van der Waals surface area contributed by atoms with Crippen LogP contribution in [-0.2, 0) is 9.59 Å². The molecule has 142 valence electrons. The van der Waals surface area contributed by atoms with E-state index in [1.807, 2.05) is 42.3 Å². The summed E-state index contributed by atoms with van der Waals surface area (Å²) in [4.78, 5) is 30.7. The summed E-state index contributed by atoms with van der Waals surface area (Å²) in [6.07, 6.45) is 7.03. The SMILES string of the molecule is CN(C(=O)CN1CCN(C(=O)CCC2CCCC2)CC1)c1ccccc1. The Morgan fingerprint density at radius 3 is 2.35 bits per heavy atom. The van der Waals surface area contributed by atoms with Crippen LogP contribution in [0.15, 0.2) is 30.3 Å². The topological polar surface area (TPSA) is 43.9 Å². The maximum absolute atomic E-state index is 12.5. The molecule has 5 heteroatoms. The minimum atomic E-state index is 0.0946. The van der Waals surface area contributed by atoms with Crippen LogP contribution in [0.5, 0.6) is 0 Å². The predicted molar refractivity (Wildman–Crippen MR) is 104 cm³/mol. The molecule has 5 nitrogen and oxygen atoms in total. The van der Waals surface area contributed by atoms with Crippen LogP contribution in [0.2, 0.25) is 0 Å². The van der Waals surface area contributed by atoms with Gasteiger partial charge in [0.25, 0.3) is 0 Å². The third kappa shape index (κ3) is 5.07. The number of nitrogens with zero attached hydrogens (tertiary/aromatic N) is 3. The lowest BCUT2D eigenvalue weighted by atomic mass is 10.0. The second-order valence-corrected chi connectivity index (χ2v) is 7.63. The number of amides is 2. The van der Waals surface area contributed by atoms with Crippen LogP contribution < -0.4 is 4.90 Å². The summed E-state index contributed by atoms with van der Waals surface area (Å²) in [6, 6.07) is 9.71. The maximum Gasteiger partial charge on any atom is 0.240 e. The Labute approximate surface area is 156 Å². The Kier molecular flexibility index (Phi) is 6.67. The van der Waals surface area contributed by atoms with Gasteiger partial charge in [-0.1, -0.05) is 43.9 Å². The molecule has 1 aliphatic carbocycles. The van der Waals surface area contributed by atoms with Crippen molar-refractivity contribution in [2.45, 2.75) is 38.5 Å². The fourth-order valence-corrected chi connectivity index (χ4v) is 4.03. The minimum Gasteiger partial charge on any atom is -0.340 e. The molecule has 26 heavy (non-hydrogen) atoms. The number of hydrogen-bond acceptors (Lipinski definition) is 3. The number of benzene rings is 1. The molecule has 2 fully saturated rings. The van der Waals surface area contributed by atoms with Crippen LogP contribution >= 0.6 is 0 Å². The average Bonchev–Trinajstić information content (AvgIpc) is 3.20. The normalized spacial score (nSPS) is 18.9. The fourth-order valence-electron chi connectivity index (χ4n) is 4.03. The van der Waals surface area contributed by atoms with Gasteiger partial charge in [0.2, 0.25) is 11.8 Å². The quantitative estimate of drug-likeness (QED) is 0.786. The van der Waals surface area contributed by atoms with Crippen molar-refractivity contribution in [3.8, 4) is 0 Å². The van der Waals surface area contributed by atoms with Gasteiger partial charge < -0.3 is 9.80 Å². The molecule has 1 aliphatic heterocycles. The Morgan fingerprint density at radius 2 is 1.69 bits per heavy atom. The monoisotopic (exact) mass is 357 g/mol. The van der Waals surface area contributed by atoms with Gasteiger partial charge in [-0.05, 0) is 24.5 Å². The van der Waals surface area contributed by atoms with Gasteiger partial charge in [0.05, 0.1) is 6.54 Å². The van der Waals surface area contributed by atoms with Gasteiger partial charge in [0.1, 0.15) is 0 Å². The summed E-state index contributed by atoms with van der Waals surface area (Å²) in [6.45, 7) is 3.46. The Hall–Kier alpha value is -1.88. The number of para-hydroxylation sites is 1. The van der Waals surface area contributed by atoms with E-state index in [4.69, 9.17) is 0 Å². The lowest BCUT2D eigenvalue weighted by Gasteiger charge is -2.35. The molecule has 2 amide bonds. The van der Waals surface area contributed by atoms with Gasteiger partial charge in [-0.3, -0.25) is 14.5 Å². The third-order valence-corrected chi connectivity index (χ3v) is 5.84. The summed E-state index contributed by atoms with van der Waals surface area (Å²) in [5.41, 5.74) is 0.915. The summed E-state index contributed by atoms with van der Waals surface area (Å²) >= 11 is 0. The van der Waals surface area contributed by atoms with Crippen LogP contribution in [0.1, 0.15) is 38.5 Å². The van der Waals surface area contributed by atoms with Gasteiger partial charge >= 0.3 is 0 Å². The highest BCUT2D eigenvalue weighted by atomic mass is 16.2. The van der Waals surface area contributed by atoms with E-state index in [1.165, 1.54) is 25.7 Å². The van der Waals surface area contributed by atoms with Crippen LogP contribution in [0, 0.1) is 5.92 Å². The molecule has 2 aliphatic rings. The van der Waals surface area contributed by atoms with Crippen molar-refractivity contribution in [2.24, 2.45) is 5.92 Å². The van der Waals surface area contributed by atoms with Gasteiger partial charge in [-0.15, -0.1) is 0 Å². The number of rotatable bonds is 6. The summed E-state index contributed by atoms with van der Waals surface area (Å²) in [5.74, 6) is 1.16. The second kappa shape index (κ2) is 9.17. The molecule has 1 saturated heterocycles. The van der Waals surface area contributed by atoms with Crippen molar-refractivity contribution in [1.82, 2.24) is 9.80 Å². The van der Waals surface area contributed by atoms with Crippen LogP contribution in [0.25, 0.3) is 0 Å². The van der Waals surface area contributed by atoms with Crippen molar-refractivity contribution in [3.63, 3.8) is 0 Å². The number of hydrogen-bond donors (Lipinski definition) is 0. The molecule has 1 saturated carbocycles. The molecular formula is C21H31N3O2. The van der Waals surface area contributed by atoms with Crippen molar-refractivity contribution in [2.75, 3.05) is 44.7 Å². The Balaban J connectivity index is 1.39. The van der Waals surface area contributed by atoms with Gasteiger partial charge in [-0.25, -0.2) is 0 Å². The molecule has 0 bridgehead atoms. The highest BCUT2D eigenvalue weighted by Gasteiger charge is 2.24. The van der Waals surface area contributed by atoms with Gasteiger partial charge in [-0.2, -0.15) is 0 Å². The second-order valence-electron chi connectivity index (χ2n) is 7.63. The summed E-state index contributed by atoms with van der Waals surface area (Å²) in [5, 5.41) is 0. The fraction of sp³-hybridized carbons (Fsp3) is 0.619. The van der Waals surface area contributed by atoms with Crippen molar-refractivity contribution < 1.29 is 9.59 Å². The standard InChI is InChI=1S/C21H31N3O2/c1-22(19-9-3-2-4-10-19)21(26)17-23-13-15-24(16-14-23)20(25)12-11-18-7-5-6-8-18/h2-4,9-10,18H,5-8,11-17H2,1H3. The first-order valence-corrected chi connectivity index (χ1v) is 9.95. The summed E-state index contributed by atoms with van der Waals surface area (Å²) < 4.78 is 0. The molecule has 0 atom stereocenters. The minimum absolute atomic E-state index is 0.0946. The third-order valence-electron chi connectivity index (χ3n) is 5.84. The number of likely N-dealkylation sites (N-methyl/N-ethyl adjacent to an activating group) is 1. The van der Waals surface area contributed by atoms with Crippen LogP contribution in [0.3, 0.4) is 0 Å². The number of carbonyl (C=O) groups excluding carboxylic acids is 2. The van der Waals surface area contributed by atoms with Crippen molar-refractivity contribution >= 4 is 17.5 Å². The first-order valence-electron chi connectivity index (χ1n) is 9.95. The molecule has 0 N–H and O–H groups in total. The van der Waals surface area contributed by atoms with Gasteiger partial charge in [0.15, 0.2) is 0 Å². The van der Waals surface area contributed by atoms with Crippen molar-refractivity contribution in [3.05, 3.63) is 30.3 Å². The average molecular weight is 357 g/mol. The van der Waals surface area contributed by atoms with Crippen LogP contribution in [-0.4, -0.2) is 61.4 Å². The zero-order valence-corrected chi connectivity index (χ0v) is 15.9. The lowest BCUT2D eigenvalue weighted by Crippen LogP contribution is -2.51. The largest absolute Gasteiger partial charge is 0.340 e. The maximum atomic E-state index is 12.5. The highest BCUT2D eigenvalue weighted by Crippen LogP contribution is 2.28. The van der Waals surface area contributed by atoms with E-state index in [0.717, 1.165) is 44.2 Å². The molecule has 1 aromatic rings. The lowest BCUT2D eigenvalue weighted by molar-refractivity contribution is -0.133. The van der Waals surface area contributed by atoms with E-state index >= 15 is 0 Å².